The fourth-order valence-electron chi connectivity index (χ4n) is 1.72. The topological polar surface area (TPSA) is 45.2 Å². The van der Waals surface area contributed by atoms with Gasteiger partial charge in [-0.3, -0.25) is 0 Å². The van der Waals surface area contributed by atoms with Gasteiger partial charge in [0.25, 0.3) is 0 Å². The monoisotopic (exact) mass is 266 g/mol. The van der Waals surface area contributed by atoms with E-state index in [2.05, 4.69) is 10.3 Å². The Kier molecular flexibility index (Phi) is 3.93. The Morgan fingerprint density at radius 3 is 2.94 bits per heavy atom. The predicted octanol–water partition coefficient (Wildman–Crippen LogP) is 3.15. The first kappa shape index (κ1) is 13.0. The number of aryl methyl sites for hydroxylation is 1. The van der Waals surface area contributed by atoms with Crippen LogP contribution < -0.4 is 5.32 Å². The minimum atomic E-state index is -0.343. The molecule has 3 nitrogen and oxygen atoms in total. The first-order valence-corrected chi connectivity index (χ1v) is 6.51. The van der Waals surface area contributed by atoms with Crippen LogP contribution in [0.1, 0.15) is 28.4 Å². The van der Waals surface area contributed by atoms with E-state index in [0.717, 1.165) is 9.88 Å². The average molecular weight is 266 g/mol. The molecule has 0 bridgehead atoms. The summed E-state index contributed by atoms with van der Waals surface area (Å²) in [7, 11) is 0. The summed E-state index contributed by atoms with van der Waals surface area (Å²) in [4.78, 5) is 5.29. The highest BCUT2D eigenvalue weighted by Gasteiger charge is 2.11. The molecule has 5 heteroatoms. The van der Waals surface area contributed by atoms with Gasteiger partial charge in [-0.25, -0.2) is 9.37 Å². The van der Waals surface area contributed by atoms with Gasteiger partial charge in [0, 0.05) is 29.2 Å². The van der Waals surface area contributed by atoms with E-state index in [4.69, 9.17) is 0 Å². The average Bonchev–Trinajstić information content (AvgIpc) is 2.75. The van der Waals surface area contributed by atoms with Gasteiger partial charge in [0.05, 0.1) is 5.01 Å². The first-order valence-electron chi connectivity index (χ1n) is 5.69. The lowest BCUT2D eigenvalue weighted by Gasteiger charge is -2.15. The van der Waals surface area contributed by atoms with E-state index in [1.165, 1.54) is 18.2 Å². The van der Waals surface area contributed by atoms with Crippen LogP contribution in [0.5, 0.6) is 5.75 Å². The molecule has 1 unspecified atom stereocenters. The maximum atomic E-state index is 13.1. The Morgan fingerprint density at radius 2 is 2.28 bits per heavy atom. The maximum Gasteiger partial charge on any atom is 0.123 e. The number of benzene rings is 1. The number of aromatic nitrogens is 1. The van der Waals surface area contributed by atoms with Gasteiger partial charge in [-0.1, -0.05) is 0 Å². The van der Waals surface area contributed by atoms with Crippen molar-refractivity contribution in [3.63, 3.8) is 0 Å². The molecule has 0 amide bonds. The summed E-state index contributed by atoms with van der Waals surface area (Å²) >= 11 is 1.62. The molecular weight excluding hydrogens is 251 g/mol. The summed E-state index contributed by atoms with van der Waals surface area (Å²) < 4.78 is 13.1. The quantitative estimate of drug-likeness (QED) is 0.893. The molecule has 2 rings (SSSR count). The second-order valence-electron chi connectivity index (χ2n) is 4.15. The van der Waals surface area contributed by atoms with E-state index in [1.54, 1.807) is 11.3 Å². The molecule has 0 aliphatic carbocycles. The van der Waals surface area contributed by atoms with Crippen LogP contribution in [0.15, 0.2) is 24.4 Å². The summed E-state index contributed by atoms with van der Waals surface area (Å²) in [5, 5.41) is 14.0. The van der Waals surface area contributed by atoms with Gasteiger partial charge in [-0.05, 0) is 32.0 Å². The third kappa shape index (κ3) is 3.05. The van der Waals surface area contributed by atoms with Crippen molar-refractivity contribution in [2.45, 2.75) is 26.4 Å². The molecule has 18 heavy (non-hydrogen) atoms. The van der Waals surface area contributed by atoms with Crippen molar-refractivity contribution in [3.8, 4) is 5.75 Å². The lowest BCUT2D eigenvalue weighted by atomic mass is 10.1. The number of halogens is 1. The molecule has 1 aromatic heterocycles. The van der Waals surface area contributed by atoms with Crippen LogP contribution in [0, 0.1) is 12.7 Å². The number of phenolic OH excluding ortho intramolecular Hbond substituents is 1. The summed E-state index contributed by atoms with van der Waals surface area (Å²) in [5.41, 5.74) is 0.566. The SMILES string of the molecule is Cc1ncc(CNC(C)c2cc(F)ccc2O)s1. The van der Waals surface area contributed by atoms with Gasteiger partial charge in [0.2, 0.25) is 0 Å². The van der Waals surface area contributed by atoms with Gasteiger partial charge >= 0.3 is 0 Å². The van der Waals surface area contributed by atoms with Crippen molar-refractivity contribution >= 4 is 11.3 Å². The Balaban J connectivity index is 2.03. The molecule has 1 atom stereocenters. The third-order valence-corrected chi connectivity index (χ3v) is 3.62. The van der Waals surface area contributed by atoms with E-state index < -0.39 is 0 Å². The number of nitrogens with zero attached hydrogens (tertiary/aromatic N) is 1. The van der Waals surface area contributed by atoms with Crippen molar-refractivity contribution in [2.75, 3.05) is 0 Å². The molecule has 0 aliphatic rings. The molecular formula is C13H15FN2OS. The second-order valence-corrected chi connectivity index (χ2v) is 5.47. The highest BCUT2D eigenvalue weighted by Crippen LogP contribution is 2.25. The molecule has 96 valence electrons. The Morgan fingerprint density at radius 1 is 1.50 bits per heavy atom. The molecule has 1 heterocycles. The zero-order valence-electron chi connectivity index (χ0n) is 10.3. The van der Waals surface area contributed by atoms with Crippen LogP contribution in [-0.4, -0.2) is 10.1 Å². The van der Waals surface area contributed by atoms with Crippen LogP contribution in [0.2, 0.25) is 0 Å². The Bertz CT molecular complexity index is 542. The van der Waals surface area contributed by atoms with Crippen molar-refractivity contribution in [1.29, 1.82) is 0 Å². The van der Waals surface area contributed by atoms with Crippen molar-refractivity contribution < 1.29 is 9.50 Å². The molecule has 0 spiro atoms. The molecule has 2 N–H and O–H groups in total. The van der Waals surface area contributed by atoms with Crippen molar-refractivity contribution in [3.05, 3.63) is 45.7 Å². The fraction of sp³-hybridized carbons (Fsp3) is 0.308. The minimum Gasteiger partial charge on any atom is -0.508 e. The maximum absolute atomic E-state index is 13.1. The molecule has 1 aromatic carbocycles. The van der Waals surface area contributed by atoms with Crippen LogP contribution in [0.4, 0.5) is 4.39 Å². The number of nitrogens with one attached hydrogen (secondary N) is 1. The molecule has 0 radical (unpaired) electrons. The van der Waals surface area contributed by atoms with Crippen LogP contribution in [0.3, 0.4) is 0 Å². The predicted molar refractivity (Wildman–Crippen MR) is 70.2 cm³/mol. The summed E-state index contributed by atoms with van der Waals surface area (Å²) in [6.45, 7) is 4.50. The number of hydrogen-bond acceptors (Lipinski definition) is 4. The lowest BCUT2D eigenvalue weighted by Crippen LogP contribution is -2.17. The summed E-state index contributed by atoms with van der Waals surface area (Å²) in [6.07, 6.45) is 1.82. The third-order valence-electron chi connectivity index (χ3n) is 2.71. The number of aromatic hydroxyl groups is 1. The normalized spacial score (nSPS) is 12.6. The number of thiazole rings is 1. The number of hydrogen-bond donors (Lipinski definition) is 2. The molecule has 0 aliphatic heterocycles. The highest BCUT2D eigenvalue weighted by atomic mass is 32.1. The van der Waals surface area contributed by atoms with E-state index >= 15 is 0 Å². The molecule has 0 saturated heterocycles. The van der Waals surface area contributed by atoms with E-state index in [1.807, 2.05) is 20.0 Å². The van der Waals surface area contributed by atoms with Gasteiger partial charge in [-0.2, -0.15) is 0 Å². The summed E-state index contributed by atoms with van der Waals surface area (Å²) in [5.74, 6) is -0.234. The zero-order valence-corrected chi connectivity index (χ0v) is 11.1. The van der Waals surface area contributed by atoms with Crippen LogP contribution in [0.25, 0.3) is 0 Å². The molecule has 0 fully saturated rings. The molecule has 2 aromatic rings. The number of rotatable bonds is 4. The highest BCUT2D eigenvalue weighted by molar-refractivity contribution is 7.11. The first-order chi connectivity index (χ1) is 8.56. The standard InChI is InChI=1S/C13H15FN2OS/c1-8(12-5-10(14)3-4-13(12)17)15-6-11-7-16-9(2)18-11/h3-5,7-8,15,17H,6H2,1-2H3. The molecule has 0 saturated carbocycles. The minimum absolute atomic E-state index is 0.108. The van der Waals surface area contributed by atoms with E-state index in [0.29, 0.717) is 12.1 Å². The number of phenols is 1. The fourth-order valence-corrected chi connectivity index (χ4v) is 2.47. The Hall–Kier alpha value is -1.46. The largest absolute Gasteiger partial charge is 0.508 e. The van der Waals surface area contributed by atoms with E-state index in [9.17, 15) is 9.50 Å². The second kappa shape index (κ2) is 5.46. The zero-order chi connectivity index (χ0) is 13.1. The van der Waals surface area contributed by atoms with Crippen LogP contribution >= 0.6 is 11.3 Å². The Labute approximate surface area is 109 Å². The van der Waals surface area contributed by atoms with Gasteiger partial charge in [-0.15, -0.1) is 11.3 Å². The van der Waals surface area contributed by atoms with E-state index in [-0.39, 0.29) is 17.6 Å². The van der Waals surface area contributed by atoms with Gasteiger partial charge in [0.15, 0.2) is 0 Å². The van der Waals surface area contributed by atoms with Crippen LogP contribution in [-0.2, 0) is 6.54 Å². The lowest BCUT2D eigenvalue weighted by molar-refractivity contribution is 0.449. The van der Waals surface area contributed by atoms with Gasteiger partial charge in [0.1, 0.15) is 11.6 Å². The van der Waals surface area contributed by atoms with Gasteiger partial charge < -0.3 is 10.4 Å². The smallest absolute Gasteiger partial charge is 0.123 e. The van der Waals surface area contributed by atoms with Crippen molar-refractivity contribution in [1.82, 2.24) is 10.3 Å². The summed E-state index contributed by atoms with van der Waals surface area (Å²) in [6, 6.07) is 3.85. The van der Waals surface area contributed by atoms with Crippen molar-refractivity contribution in [2.24, 2.45) is 0 Å².